The van der Waals surface area contributed by atoms with Gasteiger partial charge in [0.05, 0.1) is 18.0 Å². The number of carbonyl (C=O) groups excluding carboxylic acids is 6. The van der Waals surface area contributed by atoms with E-state index in [1.54, 1.807) is 13.0 Å². The van der Waals surface area contributed by atoms with E-state index in [1.165, 1.54) is 6.07 Å². The topological polar surface area (TPSA) is 181 Å². The smallest absolute Gasteiger partial charge is 0.235 e. The summed E-state index contributed by atoms with van der Waals surface area (Å²) < 4.78 is 0. The number of hydrogen-bond donors (Lipinski definition) is 4. The van der Waals surface area contributed by atoms with Crippen molar-refractivity contribution in [2.24, 2.45) is 29.4 Å². The standard InChI is InChI=1S/C24H26N2O8/c1-2-13(27)9-26-8-10-3-4-15(28)18-14(10)6-11-5-12-7-16(29)19(23(25)33)22(32)24(12,34)21(31)17(11)20(18)30/h3-4,11-12,17,19,26,28,34H,2,5-9H2,1H3,(H2,25,33)/t11-,12+,17?,19?,24+/m1/s1. The highest BCUT2D eigenvalue weighted by Gasteiger charge is 2.66. The normalized spacial score (nSPS) is 30.4. The molecule has 1 amide bonds. The highest BCUT2D eigenvalue weighted by molar-refractivity contribution is 6.31. The Balaban J connectivity index is 1.70. The minimum Gasteiger partial charge on any atom is -0.507 e. The largest absolute Gasteiger partial charge is 0.507 e. The summed E-state index contributed by atoms with van der Waals surface area (Å²) in [6.45, 7) is 2.15. The minimum atomic E-state index is -2.66. The monoisotopic (exact) mass is 470 g/mol. The van der Waals surface area contributed by atoms with Gasteiger partial charge in [0.1, 0.15) is 11.5 Å². The molecule has 5 N–H and O–H groups in total. The zero-order valence-corrected chi connectivity index (χ0v) is 18.6. The van der Waals surface area contributed by atoms with Crippen molar-refractivity contribution >= 4 is 34.8 Å². The molecule has 180 valence electrons. The molecule has 0 heterocycles. The van der Waals surface area contributed by atoms with Crippen molar-refractivity contribution in [3.8, 4) is 5.75 Å². The molecule has 0 bridgehead atoms. The van der Waals surface area contributed by atoms with E-state index in [0.29, 0.717) is 17.5 Å². The molecule has 3 aliphatic rings. The molecule has 2 fully saturated rings. The van der Waals surface area contributed by atoms with Crippen LogP contribution in [0.5, 0.6) is 5.75 Å². The van der Waals surface area contributed by atoms with Gasteiger partial charge in [-0.1, -0.05) is 13.0 Å². The zero-order chi connectivity index (χ0) is 24.9. The molecule has 34 heavy (non-hydrogen) atoms. The van der Waals surface area contributed by atoms with Gasteiger partial charge in [-0.05, 0) is 36.0 Å². The molecule has 0 radical (unpaired) electrons. The van der Waals surface area contributed by atoms with E-state index < -0.39 is 58.3 Å². The third-order valence-corrected chi connectivity index (χ3v) is 7.41. The lowest BCUT2D eigenvalue weighted by Crippen LogP contribution is -2.68. The second-order valence-electron chi connectivity index (χ2n) is 9.33. The molecule has 0 aliphatic heterocycles. The Labute approximate surface area is 194 Å². The number of nitrogens with two attached hydrogens (primary N) is 1. The van der Waals surface area contributed by atoms with Gasteiger partial charge in [0.2, 0.25) is 5.91 Å². The summed E-state index contributed by atoms with van der Waals surface area (Å²) in [6, 6.07) is 2.96. The number of ketones is 5. The van der Waals surface area contributed by atoms with Crippen LogP contribution in [0.4, 0.5) is 0 Å². The summed E-state index contributed by atoms with van der Waals surface area (Å²) in [5, 5.41) is 24.6. The summed E-state index contributed by atoms with van der Waals surface area (Å²) in [6.07, 6.45) is 0.250. The maximum absolute atomic E-state index is 13.4. The number of phenols is 1. The van der Waals surface area contributed by atoms with Gasteiger partial charge in [-0.2, -0.15) is 0 Å². The molecule has 10 nitrogen and oxygen atoms in total. The predicted molar refractivity (Wildman–Crippen MR) is 116 cm³/mol. The van der Waals surface area contributed by atoms with Crippen molar-refractivity contribution in [2.45, 2.75) is 44.8 Å². The molecule has 4 rings (SSSR count). The Morgan fingerprint density at radius 2 is 1.85 bits per heavy atom. The van der Waals surface area contributed by atoms with E-state index in [4.69, 9.17) is 5.73 Å². The molecule has 2 unspecified atom stereocenters. The van der Waals surface area contributed by atoms with E-state index in [2.05, 4.69) is 5.32 Å². The van der Waals surface area contributed by atoms with Crippen molar-refractivity contribution in [1.29, 1.82) is 0 Å². The maximum atomic E-state index is 13.4. The Bertz CT molecular complexity index is 1140. The number of Topliss-reactive ketones (excluding diaryl/α,β-unsaturated/α-hetero) is 5. The first-order valence-electron chi connectivity index (χ1n) is 11.3. The van der Waals surface area contributed by atoms with Gasteiger partial charge in [0, 0.05) is 25.3 Å². The van der Waals surface area contributed by atoms with Crippen molar-refractivity contribution in [1.82, 2.24) is 5.32 Å². The Morgan fingerprint density at radius 1 is 1.15 bits per heavy atom. The summed E-state index contributed by atoms with van der Waals surface area (Å²) in [4.78, 5) is 75.4. The van der Waals surface area contributed by atoms with Crippen LogP contribution in [0.25, 0.3) is 0 Å². The highest BCUT2D eigenvalue weighted by atomic mass is 16.3. The summed E-state index contributed by atoms with van der Waals surface area (Å²) in [5.41, 5.74) is 3.68. The first-order chi connectivity index (χ1) is 16.0. The SMILES string of the molecule is CCC(=O)CNCc1ccc(O)c2c1C[C@H]1C[C@H]3CC(=O)C(C(N)=O)C(=O)[C@@]3(O)C(=O)C1C2=O. The average molecular weight is 470 g/mol. The van der Waals surface area contributed by atoms with Crippen LogP contribution in [0.1, 0.15) is 47.7 Å². The Kier molecular flexibility index (Phi) is 5.99. The minimum absolute atomic E-state index is 0.0156. The van der Waals surface area contributed by atoms with Gasteiger partial charge in [-0.25, -0.2) is 0 Å². The molecule has 0 spiro atoms. The van der Waals surface area contributed by atoms with Crippen LogP contribution in [0.2, 0.25) is 0 Å². The number of fused-ring (bicyclic) bond motifs is 3. The van der Waals surface area contributed by atoms with Gasteiger partial charge in [-0.3, -0.25) is 28.8 Å². The number of amides is 1. The number of carbonyl (C=O) groups is 6. The van der Waals surface area contributed by atoms with E-state index in [1.807, 2.05) is 0 Å². The number of aliphatic hydroxyl groups is 1. The van der Waals surface area contributed by atoms with Crippen LogP contribution in [0, 0.1) is 23.7 Å². The molecule has 0 aromatic heterocycles. The van der Waals surface area contributed by atoms with Crippen molar-refractivity contribution in [2.75, 3.05) is 6.54 Å². The van der Waals surface area contributed by atoms with Crippen LogP contribution in [-0.4, -0.2) is 57.2 Å². The lowest BCUT2D eigenvalue weighted by Gasteiger charge is -2.48. The number of aromatic hydroxyl groups is 1. The summed E-state index contributed by atoms with van der Waals surface area (Å²) in [7, 11) is 0. The number of phenolic OH excluding ortho intramolecular Hbond substituents is 1. The second kappa shape index (κ2) is 8.52. The van der Waals surface area contributed by atoms with E-state index in [0.717, 1.165) is 0 Å². The molecule has 1 aromatic carbocycles. The first kappa shape index (κ1) is 23.9. The molecule has 0 saturated heterocycles. The zero-order valence-electron chi connectivity index (χ0n) is 18.6. The third-order valence-electron chi connectivity index (χ3n) is 7.41. The lowest BCUT2D eigenvalue weighted by atomic mass is 9.53. The molecule has 1 aromatic rings. The lowest BCUT2D eigenvalue weighted by molar-refractivity contribution is -0.175. The molecule has 10 heteroatoms. The number of rotatable bonds is 6. The fraction of sp³-hybridized carbons (Fsp3) is 0.500. The summed E-state index contributed by atoms with van der Waals surface area (Å²) in [5.74, 6) is -10.3. The van der Waals surface area contributed by atoms with Crippen LogP contribution in [0.3, 0.4) is 0 Å². The van der Waals surface area contributed by atoms with E-state index >= 15 is 0 Å². The van der Waals surface area contributed by atoms with Crippen molar-refractivity contribution in [3.05, 3.63) is 28.8 Å². The van der Waals surface area contributed by atoms with Crippen LogP contribution in [0.15, 0.2) is 12.1 Å². The Morgan fingerprint density at radius 3 is 2.50 bits per heavy atom. The Hall–Kier alpha value is -3.24. The average Bonchev–Trinajstić information content (AvgIpc) is 2.77. The number of benzene rings is 1. The quantitative estimate of drug-likeness (QED) is 0.394. The highest BCUT2D eigenvalue weighted by Crippen LogP contribution is 2.50. The molecule has 2 saturated carbocycles. The van der Waals surface area contributed by atoms with Crippen LogP contribution < -0.4 is 11.1 Å². The van der Waals surface area contributed by atoms with Gasteiger partial charge in [-0.15, -0.1) is 0 Å². The van der Waals surface area contributed by atoms with Gasteiger partial charge in [0.15, 0.2) is 34.7 Å². The molecular weight excluding hydrogens is 444 g/mol. The van der Waals surface area contributed by atoms with Crippen molar-refractivity contribution in [3.63, 3.8) is 0 Å². The molecular formula is C24H26N2O8. The second-order valence-corrected chi connectivity index (χ2v) is 9.33. The van der Waals surface area contributed by atoms with Gasteiger partial charge in [0.25, 0.3) is 0 Å². The predicted octanol–water partition coefficient (Wildman–Crippen LogP) is -0.604. The van der Waals surface area contributed by atoms with Crippen LogP contribution >= 0.6 is 0 Å². The van der Waals surface area contributed by atoms with Crippen LogP contribution in [-0.2, 0) is 36.9 Å². The number of nitrogens with one attached hydrogen (secondary N) is 1. The van der Waals surface area contributed by atoms with Crippen molar-refractivity contribution < 1.29 is 39.0 Å². The van der Waals surface area contributed by atoms with Gasteiger partial charge >= 0.3 is 0 Å². The number of primary amides is 1. The van der Waals surface area contributed by atoms with E-state index in [9.17, 15) is 39.0 Å². The van der Waals surface area contributed by atoms with Gasteiger partial charge < -0.3 is 21.3 Å². The maximum Gasteiger partial charge on any atom is 0.235 e. The van der Waals surface area contributed by atoms with E-state index in [-0.39, 0.29) is 49.4 Å². The third kappa shape index (κ3) is 3.48. The first-order valence-corrected chi connectivity index (χ1v) is 11.3. The number of hydrogen-bond acceptors (Lipinski definition) is 9. The fourth-order valence-corrected chi connectivity index (χ4v) is 5.66. The summed E-state index contributed by atoms with van der Waals surface area (Å²) >= 11 is 0. The fourth-order valence-electron chi connectivity index (χ4n) is 5.66. The molecule has 3 aliphatic carbocycles. The molecule has 5 atom stereocenters.